The zero-order chi connectivity index (χ0) is 15.5. The van der Waals surface area contributed by atoms with E-state index < -0.39 is 0 Å². The van der Waals surface area contributed by atoms with E-state index in [2.05, 4.69) is 62.3 Å². The molecular weight excluding hydrogens is 278 g/mol. The first kappa shape index (κ1) is 16.0. The van der Waals surface area contributed by atoms with Crippen molar-refractivity contribution >= 4 is 16.5 Å². The highest BCUT2D eigenvalue weighted by molar-refractivity contribution is 7.16. The first-order chi connectivity index (χ1) is 9.90. The Labute approximate surface area is 132 Å². The summed E-state index contributed by atoms with van der Waals surface area (Å²) in [5.74, 6) is 0. The molecule has 114 valence electrons. The smallest absolute Gasteiger partial charge is 0.185 e. The van der Waals surface area contributed by atoms with E-state index >= 15 is 0 Å². The second-order valence-corrected chi connectivity index (χ2v) is 7.64. The summed E-state index contributed by atoms with van der Waals surface area (Å²) in [7, 11) is 4.11. The van der Waals surface area contributed by atoms with E-state index in [0.717, 1.165) is 23.9 Å². The topological polar surface area (TPSA) is 28.2 Å². The van der Waals surface area contributed by atoms with Crippen molar-refractivity contribution in [2.24, 2.45) is 5.41 Å². The number of thiazole rings is 1. The second kappa shape index (κ2) is 6.58. The lowest BCUT2D eigenvalue weighted by atomic mass is 9.96. The molecule has 1 aromatic carbocycles. The Hall–Kier alpha value is -1.39. The third kappa shape index (κ3) is 4.29. The standard InChI is InChI=1S/C17H25N3S/c1-17(2,3)12-20(5)16-19-15(14(21-16)11-18-4)13-9-7-6-8-10-13/h6-10,18H,11-12H2,1-5H3. The SMILES string of the molecule is CNCc1sc(N(C)CC(C)(C)C)nc1-c1ccccc1. The maximum atomic E-state index is 4.89. The summed E-state index contributed by atoms with van der Waals surface area (Å²) < 4.78 is 0. The van der Waals surface area contributed by atoms with Crippen LogP contribution in [0.2, 0.25) is 0 Å². The van der Waals surface area contributed by atoms with Gasteiger partial charge in [-0.25, -0.2) is 4.98 Å². The van der Waals surface area contributed by atoms with E-state index in [4.69, 9.17) is 4.98 Å². The van der Waals surface area contributed by atoms with Gasteiger partial charge in [0.05, 0.1) is 5.69 Å². The molecule has 2 rings (SSSR count). The van der Waals surface area contributed by atoms with Crippen LogP contribution in [0.3, 0.4) is 0 Å². The molecule has 4 heteroatoms. The van der Waals surface area contributed by atoms with Gasteiger partial charge in [-0.05, 0) is 12.5 Å². The van der Waals surface area contributed by atoms with Crippen molar-refractivity contribution in [1.82, 2.24) is 10.3 Å². The Morgan fingerprint density at radius 1 is 1.19 bits per heavy atom. The highest BCUT2D eigenvalue weighted by atomic mass is 32.1. The predicted molar refractivity (Wildman–Crippen MR) is 93.0 cm³/mol. The van der Waals surface area contributed by atoms with Crippen molar-refractivity contribution in [3.8, 4) is 11.3 Å². The van der Waals surface area contributed by atoms with Crippen LogP contribution in [0.1, 0.15) is 25.6 Å². The highest BCUT2D eigenvalue weighted by Gasteiger charge is 2.19. The van der Waals surface area contributed by atoms with E-state index in [-0.39, 0.29) is 5.41 Å². The van der Waals surface area contributed by atoms with Gasteiger partial charge in [-0.15, -0.1) is 0 Å². The van der Waals surface area contributed by atoms with Crippen LogP contribution in [-0.4, -0.2) is 25.6 Å². The molecular formula is C17H25N3S. The molecule has 0 amide bonds. The van der Waals surface area contributed by atoms with Gasteiger partial charge in [0.2, 0.25) is 0 Å². The summed E-state index contributed by atoms with van der Waals surface area (Å²) in [6.07, 6.45) is 0. The number of rotatable bonds is 5. The fourth-order valence-electron chi connectivity index (χ4n) is 2.38. The summed E-state index contributed by atoms with van der Waals surface area (Å²) >= 11 is 1.78. The van der Waals surface area contributed by atoms with Crippen LogP contribution in [-0.2, 0) is 6.54 Å². The highest BCUT2D eigenvalue weighted by Crippen LogP contribution is 2.33. The monoisotopic (exact) mass is 303 g/mol. The molecule has 1 N–H and O–H groups in total. The van der Waals surface area contributed by atoms with Crippen LogP contribution in [0, 0.1) is 5.41 Å². The van der Waals surface area contributed by atoms with Crippen LogP contribution < -0.4 is 10.2 Å². The van der Waals surface area contributed by atoms with Gasteiger partial charge in [-0.2, -0.15) is 0 Å². The van der Waals surface area contributed by atoms with Crippen molar-refractivity contribution in [3.05, 3.63) is 35.2 Å². The number of aromatic nitrogens is 1. The summed E-state index contributed by atoms with van der Waals surface area (Å²) in [5, 5.41) is 4.34. The largest absolute Gasteiger partial charge is 0.351 e. The first-order valence-electron chi connectivity index (χ1n) is 7.31. The molecule has 0 aliphatic heterocycles. The predicted octanol–water partition coefficient (Wildman–Crippen LogP) is 4.01. The van der Waals surface area contributed by atoms with Gasteiger partial charge < -0.3 is 10.2 Å². The number of hydrogen-bond acceptors (Lipinski definition) is 4. The third-order valence-electron chi connectivity index (χ3n) is 3.11. The molecule has 0 unspecified atom stereocenters. The van der Waals surface area contributed by atoms with Crippen LogP contribution in [0.25, 0.3) is 11.3 Å². The lowest BCUT2D eigenvalue weighted by Crippen LogP contribution is -2.28. The molecule has 0 atom stereocenters. The van der Waals surface area contributed by atoms with Gasteiger partial charge in [-0.3, -0.25) is 0 Å². The molecule has 0 bridgehead atoms. The molecule has 0 radical (unpaired) electrons. The van der Waals surface area contributed by atoms with Gasteiger partial charge >= 0.3 is 0 Å². The fourth-order valence-corrected chi connectivity index (χ4v) is 3.44. The van der Waals surface area contributed by atoms with Crippen LogP contribution >= 0.6 is 11.3 Å². The molecule has 0 fully saturated rings. The molecule has 2 aromatic rings. The van der Waals surface area contributed by atoms with Crippen LogP contribution in [0.4, 0.5) is 5.13 Å². The number of nitrogens with one attached hydrogen (secondary N) is 1. The summed E-state index contributed by atoms with van der Waals surface area (Å²) in [4.78, 5) is 8.44. The average Bonchev–Trinajstić information content (AvgIpc) is 2.82. The van der Waals surface area contributed by atoms with Crippen molar-refractivity contribution in [2.75, 3.05) is 25.5 Å². The van der Waals surface area contributed by atoms with Crippen LogP contribution in [0.15, 0.2) is 30.3 Å². The van der Waals surface area contributed by atoms with Gasteiger partial charge in [0.25, 0.3) is 0 Å². The summed E-state index contributed by atoms with van der Waals surface area (Å²) in [6, 6.07) is 10.4. The molecule has 1 aromatic heterocycles. The summed E-state index contributed by atoms with van der Waals surface area (Å²) in [6.45, 7) is 8.61. The molecule has 0 aliphatic carbocycles. The minimum atomic E-state index is 0.260. The van der Waals surface area contributed by atoms with Gasteiger partial charge in [0.1, 0.15) is 0 Å². The van der Waals surface area contributed by atoms with Gasteiger partial charge in [0.15, 0.2) is 5.13 Å². The van der Waals surface area contributed by atoms with Gasteiger partial charge in [0, 0.05) is 30.6 Å². The van der Waals surface area contributed by atoms with Gasteiger partial charge in [-0.1, -0.05) is 62.4 Å². The normalized spacial score (nSPS) is 11.7. The number of hydrogen-bond donors (Lipinski definition) is 1. The fraction of sp³-hybridized carbons (Fsp3) is 0.471. The van der Waals surface area contributed by atoms with Crippen LogP contribution in [0.5, 0.6) is 0 Å². The van der Waals surface area contributed by atoms with Crippen molar-refractivity contribution in [3.63, 3.8) is 0 Å². The van der Waals surface area contributed by atoms with Crippen molar-refractivity contribution in [2.45, 2.75) is 27.3 Å². The number of anilines is 1. The minimum Gasteiger partial charge on any atom is -0.351 e. The van der Waals surface area contributed by atoms with Crippen molar-refractivity contribution in [1.29, 1.82) is 0 Å². The quantitative estimate of drug-likeness (QED) is 0.904. The summed E-state index contributed by atoms with van der Waals surface area (Å²) in [5.41, 5.74) is 2.55. The maximum Gasteiger partial charge on any atom is 0.185 e. The third-order valence-corrected chi connectivity index (χ3v) is 4.28. The number of nitrogens with zero attached hydrogens (tertiary/aromatic N) is 2. The molecule has 0 saturated carbocycles. The second-order valence-electron chi connectivity index (χ2n) is 6.58. The minimum absolute atomic E-state index is 0.260. The lowest BCUT2D eigenvalue weighted by molar-refractivity contribution is 0.419. The molecule has 0 aliphatic rings. The Morgan fingerprint density at radius 2 is 1.86 bits per heavy atom. The zero-order valence-electron chi connectivity index (χ0n) is 13.6. The lowest BCUT2D eigenvalue weighted by Gasteiger charge is -2.26. The Balaban J connectivity index is 2.33. The molecule has 3 nitrogen and oxygen atoms in total. The van der Waals surface area contributed by atoms with E-state index in [1.165, 1.54) is 10.4 Å². The molecule has 0 spiro atoms. The van der Waals surface area contributed by atoms with E-state index in [0.29, 0.717) is 0 Å². The molecule has 21 heavy (non-hydrogen) atoms. The number of benzene rings is 1. The van der Waals surface area contributed by atoms with E-state index in [1.807, 2.05) is 13.1 Å². The molecule has 1 heterocycles. The zero-order valence-corrected chi connectivity index (χ0v) is 14.4. The Kier molecular flexibility index (Phi) is 5.01. The molecule has 0 saturated heterocycles. The average molecular weight is 303 g/mol. The van der Waals surface area contributed by atoms with Crippen molar-refractivity contribution < 1.29 is 0 Å². The van der Waals surface area contributed by atoms with E-state index in [9.17, 15) is 0 Å². The Bertz CT molecular complexity index is 569. The Morgan fingerprint density at radius 3 is 2.43 bits per heavy atom. The maximum absolute atomic E-state index is 4.89. The van der Waals surface area contributed by atoms with E-state index in [1.54, 1.807) is 11.3 Å². The first-order valence-corrected chi connectivity index (χ1v) is 8.13.